The first-order valence-electron chi connectivity index (χ1n) is 8.06. The SMILES string of the molecule is Cc1ccc(-c2nc(C)sc2CC(=O)NCc2cccc(F)c2)cc1. The molecule has 3 nitrogen and oxygen atoms in total. The molecule has 0 radical (unpaired) electrons. The van der Waals surface area contributed by atoms with E-state index in [0.717, 1.165) is 26.7 Å². The van der Waals surface area contributed by atoms with E-state index >= 15 is 0 Å². The average Bonchev–Trinajstić information content (AvgIpc) is 2.94. The molecular formula is C20H19FN2OS. The van der Waals surface area contributed by atoms with E-state index < -0.39 is 0 Å². The molecule has 0 aliphatic heterocycles. The Balaban J connectivity index is 1.70. The van der Waals surface area contributed by atoms with Crippen LogP contribution in [-0.4, -0.2) is 10.9 Å². The van der Waals surface area contributed by atoms with Gasteiger partial charge in [-0.1, -0.05) is 42.0 Å². The zero-order valence-electron chi connectivity index (χ0n) is 14.2. The number of nitrogens with zero attached hydrogens (tertiary/aromatic N) is 1. The van der Waals surface area contributed by atoms with E-state index in [4.69, 9.17) is 0 Å². The van der Waals surface area contributed by atoms with Crippen LogP contribution in [-0.2, 0) is 17.8 Å². The lowest BCUT2D eigenvalue weighted by Crippen LogP contribution is -2.24. The maximum Gasteiger partial charge on any atom is 0.225 e. The van der Waals surface area contributed by atoms with Crippen molar-refractivity contribution in [3.05, 3.63) is 75.4 Å². The Morgan fingerprint density at radius 1 is 1.16 bits per heavy atom. The number of hydrogen-bond donors (Lipinski definition) is 1. The van der Waals surface area contributed by atoms with Crippen LogP contribution < -0.4 is 5.32 Å². The first kappa shape index (κ1) is 17.3. The van der Waals surface area contributed by atoms with E-state index in [1.807, 2.05) is 38.1 Å². The van der Waals surface area contributed by atoms with Gasteiger partial charge < -0.3 is 5.32 Å². The normalized spacial score (nSPS) is 10.7. The molecule has 25 heavy (non-hydrogen) atoms. The van der Waals surface area contributed by atoms with E-state index in [2.05, 4.69) is 10.3 Å². The fourth-order valence-electron chi connectivity index (χ4n) is 2.58. The third-order valence-corrected chi connectivity index (χ3v) is 4.80. The zero-order chi connectivity index (χ0) is 17.8. The van der Waals surface area contributed by atoms with Crippen molar-refractivity contribution in [2.45, 2.75) is 26.8 Å². The standard InChI is InChI=1S/C20H19FN2OS/c1-13-6-8-16(9-7-13)20-18(25-14(2)23-20)11-19(24)22-12-15-4-3-5-17(21)10-15/h3-10H,11-12H2,1-2H3,(H,22,24). The van der Waals surface area contributed by atoms with Crippen LogP contribution in [0, 0.1) is 19.7 Å². The van der Waals surface area contributed by atoms with Gasteiger partial charge in [-0.05, 0) is 31.5 Å². The van der Waals surface area contributed by atoms with Crippen LogP contribution in [0.5, 0.6) is 0 Å². The minimum atomic E-state index is -0.300. The number of carbonyl (C=O) groups excluding carboxylic acids is 1. The number of benzene rings is 2. The molecule has 1 aromatic heterocycles. The summed E-state index contributed by atoms with van der Waals surface area (Å²) in [5.41, 5.74) is 3.81. The number of carbonyl (C=O) groups is 1. The number of hydrogen-bond acceptors (Lipinski definition) is 3. The highest BCUT2D eigenvalue weighted by molar-refractivity contribution is 7.12. The van der Waals surface area contributed by atoms with E-state index in [9.17, 15) is 9.18 Å². The van der Waals surface area contributed by atoms with E-state index in [-0.39, 0.29) is 18.1 Å². The highest BCUT2D eigenvalue weighted by atomic mass is 32.1. The number of amides is 1. The Labute approximate surface area is 150 Å². The van der Waals surface area contributed by atoms with Gasteiger partial charge in [0.15, 0.2) is 0 Å². The second kappa shape index (κ2) is 7.57. The number of aryl methyl sites for hydroxylation is 2. The molecule has 3 rings (SSSR count). The summed E-state index contributed by atoms with van der Waals surface area (Å²) < 4.78 is 13.2. The van der Waals surface area contributed by atoms with Gasteiger partial charge in [0.05, 0.1) is 17.1 Å². The van der Waals surface area contributed by atoms with E-state index in [1.54, 1.807) is 12.1 Å². The van der Waals surface area contributed by atoms with Crippen molar-refractivity contribution in [3.8, 4) is 11.3 Å². The van der Waals surface area contributed by atoms with Crippen molar-refractivity contribution >= 4 is 17.2 Å². The zero-order valence-corrected chi connectivity index (χ0v) is 15.0. The summed E-state index contributed by atoms with van der Waals surface area (Å²) in [6.07, 6.45) is 0.268. The van der Waals surface area contributed by atoms with E-state index in [0.29, 0.717) is 6.54 Å². The Morgan fingerprint density at radius 3 is 2.64 bits per heavy atom. The van der Waals surface area contributed by atoms with Gasteiger partial charge in [0.1, 0.15) is 5.82 Å². The monoisotopic (exact) mass is 354 g/mol. The molecular weight excluding hydrogens is 335 g/mol. The third-order valence-electron chi connectivity index (χ3n) is 3.83. The van der Waals surface area contributed by atoms with E-state index in [1.165, 1.54) is 29.0 Å². The van der Waals surface area contributed by atoms with Crippen molar-refractivity contribution in [2.24, 2.45) is 0 Å². The molecule has 128 valence electrons. The minimum absolute atomic E-state index is 0.0960. The highest BCUT2D eigenvalue weighted by Gasteiger charge is 2.14. The van der Waals surface area contributed by atoms with Crippen LogP contribution in [0.4, 0.5) is 4.39 Å². The summed E-state index contributed by atoms with van der Waals surface area (Å²) >= 11 is 1.53. The number of thiazole rings is 1. The number of rotatable bonds is 5. The molecule has 1 amide bonds. The van der Waals surface area contributed by atoms with Crippen LogP contribution in [0.25, 0.3) is 11.3 Å². The largest absolute Gasteiger partial charge is 0.352 e. The van der Waals surface area contributed by atoms with Crippen LogP contribution in [0.3, 0.4) is 0 Å². The molecule has 2 aromatic carbocycles. The Bertz CT molecular complexity index is 887. The summed E-state index contributed by atoms with van der Waals surface area (Å²) in [4.78, 5) is 17.8. The molecule has 0 bridgehead atoms. The summed E-state index contributed by atoms with van der Waals surface area (Å²) in [7, 11) is 0. The lowest BCUT2D eigenvalue weighted by molar-refractivity contribution is -0.120. The van der Waals surface area contributed by atoms with Gasteiger partial charge in [-0.3, -0.25) is 4.79 Å². The van der Waals surface area contributed by atoms with Gasteiger partial charge in [-0.25, -0.2) is 9.37 Å². The second-order valence-corrected chi connectivity index (χ2v) is 7.24. The molecule has 0 aliphatic rings. The maximum absolute atomic E-state index is 13.2. The van der Waals surface area contributed by atoms with Crippen molar-refractivity contribution in [3.63, 3.8) is 0 Å². The van der Waals surface area contributed by atoms with Gasteiger partial charge in [-0.2, -0.15) is 0 Å². The molecule has 3 aromatic rings. The number of aromatic nitrogens is 1. The second-order valence-electron chi connectivity index (χ2n) is 5.95. The molecule has 0 spiro atoms. The van der Waals surface area contributed by atoms with Gasteiger partial charge in [0.25, 0.3) is 0 Å². The van der Waals surface area contributed by atoms with Gasteiger partial charge in [0, 0.05) is 17.0 Å². The lowest BCUT2D eigenvalue weighted by atomic mass is 10.1. The fraction of sp³-hybridized carbons (Fsp3) is 0.200. The minimum Gasteiger partial charge on any atom is -0.352 e. The Kier molecular flexibility index (Phi) is 5.24. The summed E-state index contributed by atoms with van der Waals surface area (Å²) in [6.45, 7) is 4.29. The Hall–Kier alpha value is -2.53. The third kappa shape index (κ3) is 4.51. The first-order chi connectivity index (χ1) is 12.0. The average molecular weight is 354 g/mol. The van der Waals surface area contributed by atoms with Gasteiger partial charge in [0.2, 0.25) is 5.91 Å². The van der Waals surface area contributed by atoms with Crippen molar-refractivity contribution in [1.29, 1.82) is 0 Å². The lowest BCUT2D eigenvalue weighted by Gasteiger charge is -2.06. The van der Waals surface area contributed by atoms with Gasteiger partial charge in [-0.15, -0.1) is 11.3 Å². The van der Waals surface area contributed by atoms with Crippen molar-refractivity contribution in [1.82, 2.24) is 10.3 Å². The smallest absolute Gasteiger partial charge is 0.225 e. The highest BCUT2D eigenvalue weighted by Crippen LogP contribution is 2.28. The molecule has 0 fully saturated rings. The van der Waals surface area contributed by atoms with Crippen LogP contribution >= 0.6 is 11.3 Å². The molecule has 0 unspecified atom stereocenters. The van der Waals surface area contributed by atoms with Crippen LogP contribution in [0.1, 0.15) is 21.0 Å². The van der Waals surface area contributed by atoms with Gasteiger partial charge >= 0.3 is 0 Å². The summed E-state index contributed by atoms with van der Waals surface area (Å²) in [5, 5.41) is 3.78. The molecule has 1 N–H and O–H groups in total. The summed E-state index contributed by atoms with van der Waals surface area (Å²) in [5.74, 6) is -0.396. The predicted octanol–water partition coefficient (Wildman–Crippen LogP) is 4.42. The fourth-order valence-corrected chi connectivity index (χ4v) is 3.54. The van der Waals surface area contributed by atoms with Crippen LogP contribution in [0.2, 0.25) is 0 Å². The quantitative estimate of drug-likeness (QED) is 0.737. The molecule has 0 saturated heterocycles. The predicted molar refractivity (Wildman–Crippen MR) is 99.0 cm³/mol. The maximum atomic E-state index is 13.2. The molecule has 0 atom stereocenters. The van der Waals surface area contributed by atoms with Crippen molar-refractivity contribution in [2.75, 3.05) is 0 Å². The topological polar surface area (TPSA) is 42.0 Å². The molecule has 5 heteroatoms. The number of halogens is 1. The summed E-state index contributed by atoms with van der Waals surface area (Å²) in [6, 6.07) is 14.4. The number of nitrogens with one attached hydrogen (secondary N) is 1. The Morgan fingerprint density at radius 2 is 1.92 bits per heavy atom. The first-order valence-corrected chi connectivity index (χ1v) is 8.87. The molecule has 0 aliphatic carbocycles. The van der Waals surface area contributed by atoms with Crippen LogP contribution in [0.15, 0.2) is 48.5 Å². The molecule has 0 saturated carbocycles. The van der Waals surface area contributed by atoms with Crippen molar-refractivity contribution < 1.29 is 9.18 Å². The molecule has 1 heterocycles.